The Morgan fingerprint density at radius 2 is 2.19 bits per heavy atom. The molecule has 0 radical (unpaired) electrons. The van der Waals surface area contributed by atoms with Gasteiger partial charge in [-0.15, -0.1) is 0 Å². The molecular formula is C13H23NO2. The molecule has 0 aliphatic heterocycles. The lowest BCUT2D eigenvalue weighted by molar-refractivity contribution is -0.144. The molecule has 2 aliphatic rings. The molecule has 16 heavy (non-hydrogen) atoms. The van der Waals surface area contributed by atoms with Crippen LogP contribution in [0.25, 0.3) is 0 Å². The highest BCUT2D eigenvalue weighted by Crippen LogP contribution is 2.48. The Morgan fingerprint density at radius 3 is 2.75 bits per heavy atom. The standard InChI is InChI=1S/C13H23NO2/c1-3-16-13(15)9-14(2)8-12-7-10-4-5-11(12)6-10/h10-12H,3-9H2,1-2H3. The highest BCUT2D eigenvalue weighted by atomic mass is 16.5. The van der Waals surface area contributed by atoms with E-state index in [-0.39, 0.29) is 5.97 Å². The van der Waals surface area contributed by atoms with E-state index in [2.05, 4.69) is 4.90 Å². The minimum absolute atomic E-state index is 0.0897. The maximum Gasteiger partial charge on any atom is 0.320 e. The predicted octanol–water partition coefficient (Wildman–Crippen LogP) is 1.92. The van der Waals surface area contributed by atoms with Gasteiger partial charge in [0.1, 0.15) is 0 Å². The van der Waals surface area contributed by atoms with Gasteiger partial charge < -0.3 is 4.74 Å². The highest BCUT2D eigenvalue weighted by molar-refractivity contribution is 5.71. The van der Waals surface area contributed by atoms with Gasteiger partial charge in [-0.05, 0) is 51.0 Å². The Labute approximate surface area is 98.1 Å². The van der Waals surface area contributed by atoms with Gasteiger partial charge in [-0.3, -0.25) is 9.69 Å². The molecular weight excluding hydrogens is 202 g/mol. The first-order valence-corrected chi connectivity index (χ1v) is 6.53. The molecule has 92 valence electrons. The van der Waals surface area contributed by atoms with Crippen LogP contribution in [0.4, 0.5) is 0 Å². The summed E-state index contributed by atoms with van der Waals surface area (Å²) in [5.41, 5.74) is 0. The van der Waals surface area contributed by atoms with E-state index < -0.39 is 0 Å². The summed E-state index contributed by atoms with van der Waals surface area (Å²) in [6, 6.07) is 0. The van der Waals surface area contributed by atoms with Crippen molar-refractivity contribution >= 4 is 5.97 Å². The summed E-state index contributed by atoms with van der Waals surface area (Å²) < 4.78 is 4.96. The second-order valence-corrected chi connectivity index (χ2v) is 5.44. The number of ether oxygens (including phenoxy) is 1. The van der Waals surface area contributed by atoms with E-state index in [4.69, 9.17) is 4.74 Å². The second-order valence-electron chi connectivity index (χ2n) is 5.44. The van der Waals surface area contributed by atoms with Crippen LogP contribution >= 0.6 is 0 Å². The molecule has 0 heterocycles. The first-order valence-electron chi connectivity index (χ1n) is 6.53. The summed E-state index contributed by atoms with van der Waals surface area (Å²) in [5, 5.41) is 0. The van der Waals surface area contributed by atoms with Crippen molar-refractivity contribution in [3.8, 4) is 0 Å². The first-order chi connectivity index (χ1) is 7.69. The zero-order valence-corrected chi connectivity index (χ0v) is 10.4. The number of hydrogen-bond donors (Lipinski definition) is 0. The number of carbonyl (C=O) groups excluding carboxylic acids is 1. The van der Waals surface area contributed by atoms with E-state index in [0.717, 1.165) is 24.3 Å². The molecule has 0 saturated heterocycles. The molecule has 3 unspecified atom stereocenters. The van der Waals surface area contributed by atoms with Crippen LogP contribution in [0.1, 0.15) is 32.6 Å². The lowest BCUT2D eigenvalue weighted by Gasteiger charge is -2.26. The van der Waals surface area contributed by atoms with Crippen LogP contribution in [0.2, 0.25) is 0 Å². The third-order valence-electron chi connectivity index (χ3n) is 4.14. The number of likely N-dealkylation sites (N-methyl/N-ethyl adjacent to an activating group) is 1. The van der Waals surface area contributed by atoms with Crippen LogP contribution in [0.5, 0.6) is 0 Å². The minimum atomic E-state index is -0.0897. The van der Waals surface area contributed by atoms with Crippen molar-refractivity contribution in [3.05, 3.63) is 0 Å². The van der Waals surface area contributed by atoms with Crippen molar-refractivity contribution in [2.75, 3.05) is 26.7 Å². The number of nitrogens with zero attached hydrogens (tertiary/aromatic N) is 1. The Morgan fingerprint density at radius 1 is 1.38 bits per heavy atom. The maximum absolute atomic E-state index is 11.3. The summed E-state index contributed by atoms with van der Waals surface area (Å²) in [6.45, 7) is 3.86. The van der Waals surface area contributed by atoms with Gasteiger partial charge in [0.05, 0.1) is 13.2 Å². The van der Waals surface area contributed by atoms with Crippen LogP contribution in [0.3, 0.4) is 0 Å². The molecule has 2 aliphatic carbocycles. The van der Waals surface area contributed by atoms with E-state index in [9.17, 15) is 4.79 Å². The largest absolute Gasteiger partial charge is 0.465 e. The van der Waals surface area contributed by atoms with Gasteiger partial charge in [0.2, 0.25) is 0 Å². The molecule has 0 N–H and O–H groups in total. The topological polar surface area (TPSA) is 29.5 Å². The molecule has 2 fully saturated rings. The van der Waals surface area contributed by atoms with Crippen molar-refractivity contribution in [2.45, 2.75) is 32.6 Å². The van der Waals surface area contributed by atoms with Gasteiger partial charge in [-0.25, -0.2) is 0 Å². The molecule has 2 rings (SSSR count). The smallest absolute Gasteiger partial charge is 0.320 e. The van der Waals surface area contributed by atoms with Crippen molar-refractivity contribution < 1.29 is 9.53 Å². The Bertz CT molecular complexity index is 254. The fraction of sp³-hybridized carbons (Fsp3) is 0.923. The lowest BCUT2D eigenvalue weighted by Crippen LogP contribution is -2.33. The highest BCUT2D eigenvalue weighted by Gasteiger charge is 2.39. The SMILES string of the molecule is CCOC(=O)CN(C)CC1CC2CCC1C2. The minimum Gasteiger partial charge on any atom is -0.465 e. The molecule has 3 atom stereocenters. The Kier molecular flexibility index (Phi) is 3.85. The average molecular weight is 225 g/mol. The van der Waals surface area contributed by atoms with Gasteiger partial charge in [0.15, 0.2) is 0 Å². The summed E-state index contributed by atoms with van der Waals surface area (Å²) in [4.78, 5) is 13.5. The van der Waals surface area contributed by atoms with Crippen LogP contribution in [0, 0.1) is 17.8 Å². The third kappa shape index (κ3) is 2.76. The van der Waals surface area contributed by atoms with Crippen molar-refractivity contribution in [2.24, 2.45) is 17.8 Å². The zero-order valence-electron chi connectivity index (χ0n) is 10.4. The van der Waals surface area contributed by atoms with Crippen LogP contribution in [0.15, 0.2) is 0 Å². The van der Waals surface area contributed by atoms with E-state index in [0.29, 0.717) is 13.2 Å². The normalized spacial score (nSPS) is 32.3. The van der Waals surface area contributed by atoms with Crippen LogP contribution in [-0.4, -0.2) is 37.6 Å². The zero-order chi connectivity index (χ0) is 11.5. The number of esters is 1. The number of rotatable bonds is 5. The molecule has 2 bridgehead atoms. The second kappa shape index (κ2) is 5.17. The summed E-state index contributed by atoms with van der Waals surface area (Å²) in [5.74, 6) is 2.67. The molecule has 2 saturated carbocycles. The van der Waals surface area contributed by atoms with E-state index in [1.165, 1.54) is 25.7 Å². The van der Waals surface area contributed by atoms with Crippen molar-refractivity contribution in [1.82, 2.24) is 4.90 Å². The Balaban J connectivity index is 1.71. The Hall–Kier alpha value is -0.570. The molecule has 0 aromatic heterocycles. The van der Waals surface area contributed by atoms with Crippen molar-refractivity contribution in [3.63, 3.8) is 0 Å². The quantitative estimate of drug-likeness (QED) is 0.669. The summed E-state index contributed by atoms with van der Waals surface area (Å²) in [7, 11) is 2.03. The number of carbonyl (C=O) groups is 1. The predicted molar refractivity (Wildman–Crippen MR) is 63.1 cm³/mol. The van der Waals surface area contributed by atoms with Gasteiger partial charge in [-0.1, -0.05) is 6.42 Å². The van der Waals surface area contributed by atoms with E-state index >= 15 is 0 Å². The molecule has 0 spiro atoms. The molecule has 0 aromatic rings. The monoisotopic (exact) mass is 225 g/mol. The van der Waals surface area contributed by atoms with Gasteiger partial charge in [0.25, 0.3) is 0 Å². The number of fused-ring (bicyclic) bond motifs is 2. The third-order valence-corrected chi connectivity index (χ3v) is 4.14. The van der Waals surface area contributed by atoms with Gasteiger partial charge in [0, 0.05) is 6.54 Å². The van der Waals surface area contributed by atoms with Gasteiger partial charge >= 0.3 is 5.97 Å². The maximum atomic E-state index is 11.3. The fourth-order valence-electron chi connectivity index (χ4n) is 3.49. The first kappa shape index (κ1) is 11.9. The molecule has 0 aromatic carbocycles. The fourth-order valence-corrected chi connectivity index (χ4v) is 3.49. The van der Waals surface area contributed by atoms with Gasteiger partial charge in [-0.2, -0.15) is 0 Å². The molecule has 3 nitrogen and oxygen atoms in total. The lowest BCUT2D eigenvalue weighted by atomic mass is 9.88. The molecule has 0 amide bonds. The average Bonchev–Trinajstić information content (AvgIpc) is 2.78. The van der Waals surface area contributed by atoms with Crippen LogP contribution < -0.4 is 0 Å². The van der Waals surface area contributed by atoms with Crippen molar-refractivity contribution in [1.29, 1.82) is 0 Å². The van der Waals surface area contributed by atoms with Crippen LogP contribution in [-0.2, 0) is 9.53 Å². The summed E-state index contributed by atoms with van der Waals surface area (Å²) in [6.07, 6.45) is 5.70. The van der Waals surface area contributed by atoms with E-state index in [1.54, 1.807) is 0 Å². The van der Waals surface area contributed by atoms with E-state index in [1.807, 2.05) is 14.0 Å². The molecule has 3 heteroatoms. The number of hydrogen-bond acceptors (Lipinski definition) is 3. The summed E-state index contributed by atoms with van der Waals surface area (Å²) >= 11 is 0.